The number of urea groups is 2. The van der Waals surface area contributed by atoms with Crippen LogP contribution in [0.2, 0.25) is 0 Å². The van der Waals surface area contributed by atoms with Crippen LogP contribution < -0.4 is 5.32 Å². The maximum absolute atomic E-state index is 12.7. The second-order valence-electron chi connectivity index (χ2n) is 4.21. The topological polar surface area (TPSA) is 52.7 Å². The molecule has 0 aliphatic rings. The highest BCUT2D eigenvalue weighted by molar-refractivity contribution is 6.00. The molecule has 1 aromatic carbocycles. The highest BCUT2D eigenvalue weighted by Gasteiger charge is 2.34. The van der Waals surface area contributed by atoms with Gasteiger partial charge in [-0.05, 0) is 12.1 Å². The number of rotatable bonds is 1. The highest BCUT2D eigenvalue weighted by atomic mass is 19.4. The first-order chi connectivity index (χ1) is 9.14. The molecule has 0 saturated heterocycles. The predicted molar refractivity (Wildman–Crippen MR) is 67.3 cm³/mol. The largest absolute Gasteiger partial charge is 0.418 e. The van der Waals surface area contributed by atoms with Crippen LogP contribution in [0.1, 0.15) is 5.56 Å². The number of hydrogen-bond acceptors (Lipinski definition) is 2. The van der Waals surface area contributed by atoms with Crippen molar-refractivity contribution in [1.29, 1.82) is 0 Å². The molecule has 4 amide bonds. The lowest BCUT2D eigenvalue weighted by molar-refractivity contribution is -0.136. The van der Waals surface area contributed by atoms with E-state index in [-0.39, 0.29) is 0 Å². The number of nitrogens with one attached hydrogen (secondary N) is 1. The number of benzene rings is 1. The van der Waals surface area contributed by atoms with Crippen molar-refractivity contribution in [2.45, 2.75) is 6.18 Å². The number of amides is 4. The summed E-state index contributed by atoms with van der Waals surface area (Å²) in [5.41, 5.74) is -1.37. The zero-order chi connectivity index (χ0) is 15.5. The Morgan fingerprint density at radius 1 is 1.10 bits per heavy atom. The third kappa shape index (κ3) is 3.62. The third-order valence-electron chi connectivity index (χ3n) is 2.45. The van der Waals surface area contributed by atoms with Gasteiger partial charge in [-0.25, -0.2) is 14.5 Å². The zero-order valence-electron chi connectivity index (χ0n) is 11.2. The van der Waals surface area contributed by atoms with Crippen LogP contribution in [-0.4, -0.2) is 43.0 Å². The minimum Gasteiger partial charge on any atom is -0.330 e. The molecular weight excluding hydrogens is 275 g/mol. The summed E-state index contributed by atoms with van der Waals surface area (Å²) in [5, 5.41) is 2.07. The fourth-order valence-electron chi connectivity index (χ4n) is 1.43. The van der Waals surface area contributed by atoms with Crippen LogP contribution >= 0.6 is 0 Å². The van der Waals surface area contributed by atoms with Gasteiger partial charge < -0.3 is 10.2 Å². The number of halogens is 3. The zero-order valence-corrected chi connectivity index (χ0v) is 11.2. The van der Waals surface area contributed by atoms with Crippen molar-refractivity contribution >= 4 is 17.7 Å². The van der Waals surface area contributed by atoms with Gasteiger partial charge in [0.25, 0.3) is 0 Å². The molecule has 1 rings (SSSR count). The van der Waals surface area contributed by atoms with Gasteiger partial charge in [0.15, 0.2) is 0 Å². The molecular formula is C12H14F3N3O2. The van der Waals surface area contributed by atoms with Crippen molar-refractivity contribution in [3.8, 4) is 0 Å². The van der Waals surface area contributed by atoms with Gasteiger partial charge in [-0.2, -0.15) is 13.2 Å². The first kappa shape index (κ1) is 15.8. The maximum Gasteiger partial charge on any atom is 0.418 e. The van der Waals surface area contributed by atoms with E-state index in [1.54, 1.807) is 0 Å². The molecule has 0 unspecified atom stereocenters. The molecule has 0 atom stereocenters. The third-order valence-corrected chi connectivity index (χ3v) is 2.45. The molecule has 0 spiro atoms. The first-order valence-electron chi connectivity index (χ1n) is 5.57. The Balaban J connectivity index is 2.95. The normalized spacial score (nSPS) is 10.9. The quantitative estimate of drug-likeness (QED) is 0.864. The Morgan fingerprint density at radius 3 is 2.15 bits per heavy atom. The number of imide groups is 1. The van der Waals surface area contributed by atoms with E-state index in [4.69, 9.17) is 0 Å². The van der Waals surface area contributed by atoms with E-state index in [1.165, 1.54) is 33.3 Å². The Bertz CT molecular complexity index is 515. The molecule has 0 fully saturated rings. The van der Waals surface area contributed by atoms with Gasteiger partial charge in [-0.3, -0.25) is 0 Å². The van der Waals surface area contributed by atoms with Crippen molar-refractivity contribution in [1.82, 2.24) is 9.80 Å². The summed E-state index contributed by atoms with van der Waals surface area (Å²) in [7, 11) is 4.03. The van der Waals surface area contributed by atoms with Crippen molar-refractivity contribution in [3.63, 3.8) is 0 Å². The van der Waals surface area contributed by atoms with Gasteiger partial charge in [-0.1, -0.05) is 12.1 Å². The van der Waals surface area contributed by atoms with E-state index in [2.05, 4.69) is 5.32 Å². The summed E-state index contributed by atoms with van der Waals surface area (Å²) >= 11 is 0. The van der Waals surface area contributed by atoms with Crippen LogP contribution in [0.25, 0.3) is 0 Å². The Hall–Kier alpha value is -2.25. The fourth-order valence-corrected chi connectivity index (χ4v) is 1.43. The van der Waals surface area contributed by atoms with Crippen LogP contribution in [0.5, 0.6) is 0 Å². The van der Waals surface area contributed by atoms with Crippen LogP contribution in [0.4, 0.5) is 28.4 Å². The molecule has 20 heavy (non-hydrogen) atoms. The Kier molecular flexibility index (Phi) is 4.59. The number of carbonyl (C=O) groups is 2. The molecule has 0 heterocycles. The molecule has 1 N–H and O–H groups in total. The first-order valence-corrected chi connectivity index (χ1v) is 5.57. The van der Waals surface area contributed by atoms with Crippen LogP contribution in [0.3, 0.4) is 0 Å². The van der Waals surface area contributed by atoms with E-state index in [9.17, 15) is 22.8 Å². The maximum atomic E-state index is 12.7. The van der Waals surface area contributed by atoms with Crippen molar-refractivity contribution in [2.75, 3.05) is 26.5 Å². The van der Waals surface area contributed by atoms with Crippen molar-refractivity contribution in [2.24, 2.45) is 0 Å². The summed E-state index contributed by atoms with van der Waals surface area (Å²) in [4.78, 5) is 25.1. The summed E-state index contributed by atoms with van der Waals surface area (Å²) in [6.07, 6.45) is -4.59. The summed E-state index contributed by atoms with van der Waals surface area (Å²) < 4.78 is 38.2. The molecule has 1 aromatic rings. The van der Waals surface area contributed by atoms with Crippen molar-refractivity contribution in [3.05, 3.63) is 29.8 Å². The second kappa shape index (κ2) is 5.81. The lowest BCUT2D eigenvalue weighted by atomic mass is 10.1. The highest BCUT2D eigenvalue weighted by Crippen LogP contribution is 2.34. The van der Waals surface area contributed by atoms with Gasteiger partial charge in [0.1, 0.15) is 0 Å². The fraction of sp³-hybridized carbons (Fsp3) is 0.333. The van der Waals surface area contributed by atoms with Gasteiger partial charge >= 0.3 is 18.2 Å². The molecule has 8 heteroatoms. The minimum absolute atomic E-state index is 0.400. The van der Waals surface area contributed by atoms with Crippen molar-refractivity contribution < 1.29 is 22.8 Å². The lowest BCUT2D eigenvalue weighted by Gasteiger charge is -2.21. The Labute approximate surface area is 114 Å². The standard InChI is InChI=1S/C12H14F3N3O2/c1-17(2)11(20)18(3)10(19)16-9-7-5-4-6-8(9)12(13,14)15/h4-7H,1-3H3,(H,16,19). The predicted octanol–water partition coefficient (Wildman–Crippen LogP) is 2.85. The number of para-hydroxylation sites is 1. The number of carbonyl (C=O) groups excluding carboxylic acids is 2. The minimum atomic E-state index is -4.59. The molecule has 5 nitrogen and oxygen atoms in total. The SMILES string of the molecule is CN(C)C(=O)N(C)C(=O)Nc1ccccc1C(F)(F)F. The summed E-state index contributed by atoms with van der Waals surface area (Å²) in [6.45, 7) is 0. The number of alkyl halides is 3. The molecule has 0 aliphatic heterocycles. The molecule has 0 aliphatic carbocycles. The average Bonchev–Trinajstić information content (AvgIpc) is 2.36. The van der Waals surface area contributed by atoms with E-state index in [0.717, 1.165) is 17.0 Å². The smallest absolute Gasteiger partial charge is 0.330 e. The van der Waals surface area contributed by atoms with Crippen LogP contribution in [0, 0.1) is 0 Å². The molecule has 0 bridgehead atoms. The monoisotopic (exact) mass is 289 g/mol. The van der Waals surface area contributed by atoms with Crippen LogP contribution in [0.15, 0.2) is 24.3 Å². The Morgan fingerprint density at radius 2 is 1.65 bits per heavy atom. The summed E-state index contributed by atoms with van der Waals surface area (Å²) in [5.74, 6) is 0. The lowest BCUT2D eigenvalue weighted by Crippen LogP contribution is -2.42. The van der Waals surface area contributed by atoms with E-state index >= 15 is 0 Å². The molecule has 0 aromatic heterocycles. The van der Waals surface area contributed by atoms with Gasteiger partial charge in [0.05, 0.1) is 11.3 Å². The van der Waals surface area contributed by atoms with E-state index < -0.39 is 29.5 Å². The molecule has 110 valence electrons. The van der Waals surface area contributed by atoms with Gasteiger partial charge in [0.2, 0.25) is 0 Å². The number of anilines is 1. The summed E-state index contributed by atoms with van der Waals surface area (Å²) in [6, 6.07) is 2.96. The average molecular weight is 289 g/mol. The number of nitrogens with zero attached hydrogens (tertiary/aromatic N) is 2. The van der Waals surface area contributed by atoms with Gasteiger partial charge in [0, 0.05) is 21.1 Å². The molecule has 0 radical (unpaired) electrons. The molecule has 0 saturated carbocycles. The number of hydrogen-bond donors (Lipinski definition) is 1. The van der Waals surface area contributed by atoms with E-state index in [1.807, 2.05) is 0 Å². The second-order valence-corrected chi connectivity index (χ2v) is 4.21. The van der Waals surface area contributed by atoms with Crippen LogP contribution in [-0.2, 0) is 6.18 Å². The van der Waals surface area contributed by atoms with Gasteiger partial charge in [-0.15, -0.1) is 0 Å². The van der Waals surface area contributed by atoms with E-state index in [0.29, 0.717) is 4.90 Å².